The molecule has 0 atom stereocenters. The molecule has 0 heterocycles. The van der Waals surface area contributed by atoms with Crippen LogP contribution in [0.5, 0.6) is 0 Å². The molecule has 4 aliphatic carbocycles. The van der Waals surface area contributed by atoms with Crippen molar-refractivity contribution in [3.63, 3.8) is 0 Å². The highest BCUT2D eigenvalue weighted by molar-refractivity contribution is 5.81. The van der Waals surface area contributed by atoms with Gasteiger partial charge in [-0.25, -0.2) is 0 Å². The lowest BCUT2D eigenvalue weighted by Gasteiger charge is -2.56. The maximum absolute atomic E-state index is 12.5. The number of Topliss-reactive ketones (excluding diaryl/α,β-unsaturated/α-hetero) is 1. The molecule has 5 rings (SSSR count). The molecule has 0 aromatic heterocycles. The number of benzene rings is 1. The Kier molecular flexibility index (Phi) is 2.98. The van der Waals surface area contributed by atoms with E-state index in [1.165, 1.54) is 44.1 Å². The van der Waals surface area contributed by atoms with E-state index in [1.54, 1.807) is 0 Å². The molecule has 20 heavy (non-hydrogen) atoms. The van der Waals surface area contributed by atoms with Crippen LogP contribution in [0, 0.1) is 23.2 Å². The number of carbonyl (C=O) groups excluding carboxylic acids is 1. The number of hydrogen-bond donors (Lipinski definition) is 0. The summed E-state index contributed by atoms with van der Waals surface area (Å²) in [6, 6.07) is 10.3. The Balaban J connectivity index is 1.45. The fourth-order valence-corrected chi connectivity index (χ4v) is 5.81. The SMILES string of the molecule is O=C(Cc1ccccc1)CC12CC3CC(CC(C3)C1)C2. The third-order valence-corrected chi connectivity index (χ3v) is 5.98. The molecule has 106 valence electrons. The van der Waals surface area contributed by atoms with Crippen LogP contribution >= 0.6 is 0 Å². The van der Waals surface area contributed by atoms with E-state index >= 15 is 0 Å². The minimum Gasteiger partial charge on any atom is -0.299 e. The summed E-state index contributed by atoms with van der Waals surface area (Å²) in [4.78, 5) is 12.5. The van der Waals surface area contributed by atoms with Gasteiger partial charge in [0.1, 0.15) is 5.78 Å². The summed E-state index contributed by atoms with van der Waals surface area (Å²) in [5.41, 5.74) is 1.59. The summed E-state index contributed by atoms with van der Waals surface area (Å²) in [5.74, 6) is 3.32. The Bertz CT molecular complexity index is 466. The smallest absolute Gasteiger partial charge is 0.137 e. The molecule has 4 bridgehead atoms. The van der Waals surface area contributed by atoms with Crippen molar-refractivity contribution >= 4 is 5.78 Å². The van der Waals surface area contributed by atoms with Gasteiger partial charge in [0.05, 0.1) is 0 Å². The maximum Gasteiger partial charge on any atom is 0.137 e. The molecule has 4 saturated carbocycles. The fraction of sp³-hybridized carbons (Fsp3) is 0.632. The van der Waals surface area contributed by atoms with Crippen LogP contribution in [0.3, 0.4) is 0 Å². The molecule has 1 aromatic carbocycles. The quantitative estimate of drug-likeness (QED) is 0.790. The van der Waals surface area contributed by atoms with Crippen LogP contribution in [0.4, 0.5) is 0 Å². The van der Waals surface area contributed by atoms with Crippen molar-refractivity contribution < 1.29 is 4.79 Å². The summed E-state index contributed by atoms with van der Waals surface area (Å²) in [7, 11) is 0. The molecule has 4 fully saturated rings. The third-order valence-electron chi connectivity index (χ3n) is 5.98. The molecule has 1 nitrogen and oxygen atoms in total. The minimum atomic E-state index is 0.403. The van der Waals surface area contributed by atoms with Gasteiger partial charge < -0.3 is 0 Å². The fourth-order valence-electron chi connectivity index (χ4n) is 5.81. The van der Waals surface area contributed by atoms with Gasteiger partial charge in [-0.1, -0.05) is 30.3 Å². The number of carbonyl (C=O) groups is 1. The first-order chi connectivity index (χ1) is 9.71. The normalized spacial score (nSPS) is 38.1. The Labute approximate surface area is 121 Å². The van der Waals surface area contributed by atoms with Gasteiger partial charge >= 0.3 is 0 Å². The van der Waals surface area contributed by atoms with Crippen LogP contribution in [0.25, 0.3) is 0 Å². The highest BCUT2D eigenvalue weighted by Gasteiger charge is 2.51. The average Bonchev–Trinajstić information content (AvgIpc) is 2.37. The first-order valence-corrected chi connectivity index (χ1v) is 8.26. The Morgan fingerprint density at radius 1 is 0.950 bits per heavy atom. The first kappa shape index (κ1) is 12.6. The van der Waals surface area contributed by atoms with E-state index in [4.69, 9.17) is 0 Å². The van der Waals surface area contributed by atoms with Crippen LogP contribution in [0.2, 0.25) is 0 Å². The molecule has 0 spiro atoms. The average molecular weight is 268 g/mol. The van der Waals surface area contributed by atoms with Crippen LogP contribution in [-0.4, -0.2) is 5.78 Å². The molecule has 0 unspecified atom stereocenters. The summed E-state index contributed by atoms with van der Waals surface area (Å²) in [6.07, 6.45) is 9.93. The second-order valence-corrected chi connectivity index (χ2v) is 7.80. The van der Waals surface area contributed by atoms with Gasteiger partial charge in [-0.3, -0.25) is 4.79 Å². The number of ketones is 1. The predicted octanol–water partition coefficient (Wildman–Crippen LogP) is 4.40. The second kappa shape index (κ2) is 4.72. The van der Waals surface area contributed by atoms with Gasteiger partial charge in [0.2, 0.25) is 0 Å². The van der Waals surface area contributed by atoms with Gasteiger partial charge in [0.15, 0.2) is 0 Å². The molecule has 1 aromatic rings. The lowest BCUT2D eigenvalue weighted by Crippen LogP contribution is -2.47. The van der Waals surface area contributed by atoms with E-state index in [0.29, 0.717) is 17.6 Å². The van der Waals surface area contributed by atoms with Crippen molar-refractivity contribution in [3.8, 4) is 0 Å². The van der Waals surface area contributed by atoms with Gasteiger partial charge in [-0.15, -0.1) is 0 Å². The van der Waals surface area contributed by atoms with Crippen molar-refractivity contribution in [2.75, 3.05) is 0 Å². The Morgan fingerprint density at radius 3 is 2.05 bits per heavy atom. The van der Waals surface area contributed by atoms with Crippen molar-refractivity contribution in [2.45, 2.75) is 51.4 Å². The van der Waals surface area contributed by atoms with Gasteiger partial charge in [-0.2, -0.15) is 0 Å². The van der Waals surface area contributed by atoms with Gasteiger partial charge in [0, 0.05) is 12.8 Å². The zero-order valence-corrected chi connectivity index (χ0v) is 12.2. The Hall–Kier alpha value is -1.11. The largest absolute Gasteiger partial charge is 0.299 e. The van der Waals surface area contributed by atoms with Gasteiger partial charge in [-0.05, 0) is 67.3 Å². The summed E-state index contributed by atoms with van der Waals surface area (Å²) < 4.78 is 0. The summed E-state index contributed by atoms with van der Waals surface area (Å²) in [5, 5.41) is 0. The van der Waals surface area contributed by atoms with E-state index in [2.05, 4.69) is 12.1 Å². The number of hydrogen-bond acceptors (Lipinski definition) is 1. The summed E-state index contributed by atoms with van der Waals surface area (Å²) in [6.45, 7) is 0. The van der Waals surface area contributed by atoms with Crippen LogP contribution in [0.1, 0.15) is 50.5 Å². The molecule has 0 amide bonds. The van der Waals surface area contributed by atoms with E-state index in [0.717, 1.165) is 24.2 Å². The van der Waals surface area contributed by atoms with E-state index in [1.807, 2.05) is 18.2 Å². The molecule has 0 aliphatic heterocycles. The zero-order valence-electron chi connectivity index (χ0n) is 12.2. The molecular formula is C19H24O. The molecule has 0 saturated heterocycles. The highest BCUT2D eigenvalue weighted by Crippen LogP contribution is 2.61. The van der Waals surface area contributed by atoms with Crippen molar-refractivity contribution in [3.05, 3.63) is 35.9 Å². The van der Waals surface area contributed by atoms with Gasteiger partial charge in [0.25, 0.3) is 0 Å². The molecule has 1 heteroatoms. The second-order valence-electron chi connectivity index (χ2n) is 7.80. The first-order valence-electron chi connectivity index (χ1n) is 8.26. The monoisotopic (exact) mass is 268 g/mol. The highest BCUT2D eigenvalue weighted by atomic mass is 16.1. The van der Waals surface area contributed by atoms with Crippen LogP contribution < -0.4 is 0 Å². The van der Waals surface area contributed by atoms with E-state index in [-0.39, 0.29) is 0 Å². The Morgan fingerprint density at radius 2 is 1.50 bits per heavy atom. The third kappa shape index (κ3) is 2.32. The molecule has 0 N–H and O–H groups in total. The minimum absolute atomic E-state index is 0.403. The molecular weight excluding hydrogens is 244 g/mol. The summed E-state index contributed by atoms with van der Waals surface area (Å²) >= 11 is 0. The lowest BCUT2D eigenvalue weighted by atomic mass is 9.48. The van der Waals surface area contributed by atoms with Crippen molar-refractivity contribution in [1.82, 2.24) is 0 Å². The zero-order chi connectivity index (χ0) is 13.6. The maximum atomic E-state index is 12.5. The topological polar surface area (TPSA) is 17.1 Å². The van der Waals surface area contributed by atoms with Crippen molar-refractivity contribution in [2.24, 2.45) is 23.2 Å². The molecule has 0 radical (unpaired) electrons. The van der Waals surface area contributed by atoms with Crippen molar-refractivity contribution in [1.29, 1.82) is 0 Å². The molecule has 4 aliphatic rings. The standard InChI is InChI=1S/C19H24O/c20-18(9-14-4-2-1-3-5-14)13-19-10-15-6-16(11-19)8-17(7-15)12-19/h1-5,15-17H,6-13H2. The number of rotatable bonds is 4. The van der Waals surface area contributed by atoms with Crippen LogP contribution in [0.15, 0.2) is 30.3 Å². The predicted molar refractivity (Wildman–Crippen MR) is 80.4 cm³/mol. The van der Waals surface area contributed by atoms with E-state index in [9.17, 15) is 4.79 Å². The van der Waals surface area contributed by atoms with Crippen LogP contribution in [-0.2, 0) is 11.2 Å². The lowest BCUT2D eigenvalue weighted by molar-refractivity contribution is -0.126. The van der Waals surface area contributed by atoms with E-state index < -0.39 is 0 Å².